The third kappa shape index (κ3) is 4.44. The van der Waals surface area contributed by atoms with Gasteiger partial charge in [-0.2, -0.15) is 0 Å². The van der Waals surface area contributed by atoms with Gasteiger partial charge in [0.1, 0.15) is 0 Å². The zero-order valence-electron chi connectivity index (χ0n) is 12.2. The Bertz CT molecular complexity index is 284. The number of amides is 1. The van der Waals surface area contributed by atoms with Crippen molar-refractivity contribution in [1.29, 1.82) is 0 Å². The first-order valence-corrected chi connectivity index (χ1v) is 7.50. The minimum absolute atomic E-state index is 0.245. The fourth-order valence-corrected chi connectivity index (χ4v) is 2.74. The monoisotopic (exact) mass is 269 g/mol. The molecule has 0 bridgehead atoms. The van der Waals surface area contributed by atoms with Crippen LogP contribution in [0.1, 0.15) is 26.7 Å². The number of morpholine rings is 1. The number of carbonyl (C=O) groups is 1. The number of nitrogens with zero attached hydrogens (tertiary/aromatic N) is 2. The van der Waals surface area contributed by atoms with Gasteiger partial charge in [-0.05, 0) is 33.2 Å². The molecule has 2 aliphatic heterocycles. The largest absolute Gasteiger partial charge is 0.378 e. The second-order valence-corrected chi connectivity index (χ2v) is 5.81. The highest BCUT2D eigenvalue weighted by Gasteiger charge is 2.24. The zero-order valence-corrected chi connectivity index (χ0v) is 12.2. The summed E-state index contributed by atoms with van der Waals surface area (Å²) >= 11 is 0. The van der Waals surface area contributed by atoms with Gasteiger partial charge in [0, 0.05) is 31.7 Å². The zero-order chi connectivity index (χ0) is 13.7. The molecule has 1 unspecified atom stereocenters. The van der Waals surface area contributed by atoms with Crippen molar-refractivity contribution in [1.82, 2.24) is 15.1 Å². The number of carbonyl (C=O) groups excluding carboxylic acids is 1. The summed E-state index contributed by atoms with van der Waals surface area (Å²) in [4.78, 5) is 16.5. The average molecular weight is 269 g/mol. The maximum Gasteiger partial charge on any atom is 0.236 e. The molecule has 0 aromatic rings. The summed E-state index contributed by atoms with van der Waals surface area (Å²) in [6.07, 6.45) is 2.49. The minimum atomic E-state index is 0.245. The summed E-state index contributed by atoms with van der Waals surface area (Å²) in [5.41, 5.74) is 0. The Kier molecular flexibility index (Phi) is 5.60. The molecule has 2 rings (SSSR count). The van der Waals surface area contributed by atoms with Crippen LogP contribution < -0.4 is 5.32 Å². The Balaban J connectivity index is 1.82. The minimum Gasteiger partial charge on any atom is -0.378 e. The standard InChI is InChI=1S/C14H27N3O2/c1-12(2)17(10-13-4-3-5-15-13)11-14(18)16-6-8-19-9-7-16/h12-13,15H,3-11H2,1-2H3. The second kappa shape index (κ2) is 7.22. The van der Waals surface area contributed by atoms with Crippen molar-refractivity contribution in [3.63, 3.8) is 0 Å². The first-order chi connectivity index (χ1) is 9.16. The quantitative estimate of drug-likeness (QED) is 0.780. The highest BCUT2D eigenvalue weighted by molar-refractivity contribution is 5.78. The molecule has 0 radical (unpaired) electrons. The lowest BCUT2D eigenvalue weighted by Gasteiger charge is -2.33. The highest BCUT2D eigenvalue weighted by Crippen LogP contribution is 2.10. The Labute approximate surface area is 116 Å². The molecular weight excluding hydrogens is 242 g/mol. The lowest BCUT2D eigenvalue weighted by Crippen LogP contribution is -2.49. The van der Waals surface area contributed by atoms with Gasteiger partial charge in [0.05, 0.1) is 19.8 Å². The molecule has 0 aromatic heterocycles. The van der Waals surface area contributed by atoms with E-state index in [1.54, 1.807) is 0 Å². The van der Waals surface area contributed by atoms with E-state index < -0.39 is 0 Å². The summed E-state index contributed by atoms with van der Waals surface area (Å²) in [5.74, 6) is 0.245. The normalized spacial score (nSPS) is 24.4. The molecule has 1 N–H and O–H groups in total. The molecule has 1 amide bonds. The summed E-state index contributed by atoms with van der Waals surface area (Å²) in [6, 6.07) is 0.965. The fraction of sp³-hybridized carbons (Fsp3) is 0.929. The molecule has 1 atom stereocenters. The van der Waals surface area contributed by atoms with E-state index in [4.69, 9.17) is 4.74 Å². The molecule has 110 valence electrons. The van der Waals surface area contributed by atoms with Gasteiger partial charge in [-0.1, -0.05) is 0 Å². The SMILES string of the molecule is CC(C)N(CC(=O)N1CCOCC1)CC1CCCN1. The molecule has 2 aliphatic rings. The van der Waals surface area contributed by atoms with Crippen LogP contribution in [0.4, 0.5) is 0 Å². The van der Waals surface area contributed by atoms with E-state index in [0.29, 0.717) is 31.8 Å². The van der Waals surface area contributed by atoms with Gasteiger partial charge >= 0.3 is 0 Å². The molecule has 0 spiro atoms. The predicted octanol–water partition coefficient (Wildman–Crippen LogP) is 0.308. The van der Waals surface area contributed by atoms with Crippen LogP contribution in [0.3, 0.4) is 0 Å². The number of rotatable bonds is 5. The molecular formula is C14H27N3O2. The van der Waals surface area contributed by atoms with Crippen LogP contribution in [0.2, 0.25) is 0 Å². The Morgan fingerprint density at radius 1 is 1.42 bits per heavy atom. The molecule has 0 aromatic carbocycles. The van der Waals surface area contributed by atoms with Crippen LogP contribution >= 0.6 is 0 Å². The van der Waals surface area contributed by atoms with Crippen molar-refractivity contribution >= 4 is 5.91 Å². The van der Waals surface area contributed by atoms with E-state index in [0.717, 1.165) is 26.2 Å². The van der Waals surface area contributed by atoms with Crippen molar-refractivity contribution in [2.45, 2.75) is 38.8 Å². The van der Waals surface area contributed by atoms with Crippen molar-refractivity contribution < 1.29 is 9.53 Å². The highest BCUT2D eigenvalue weighted by atomic mass is 16.5. The van der Waals surface area contributed by atoms with Crippen LogP contribution in [0.5, 0.6) is 0 Å². The molecule has 2 saturated heterocycles. The lowest BCUT2D eigenvalue weighted by atomic mass is 10.2. The van der Waals surface area contributed by atoms with E-state index >= 15 is 0 Å². The van der Waals surface area contributed by atoms with Gasteiger partial charge in [-0.3, -0.25) is 9.69 Å². The number of nitrogens with one attached hydrogen (secondary N) is 1. The molecule has 19 heavy (non-hydrogen) atoms. The van der Waals surface area contributed by atoms with E-state index in [9.17, 15) is 4.79 Å². The third-order valence-electron chi connectivity index (χ3n) is 4.05. The van der Waals surface area contributed by atoms with Crippen LogP contribution in [0.15, 0.2) is 0 Å². The Hall–Kier alpha value is -0.650. The van der Waals surface area contributed by atoms with Crippen LogP contribution in [-0.4, -0.2) is 73.7 Å². The van der Waals surface area contributed by atoms with Crippen LogP contribution in [0.25, 0.3) is 0 Å². The summed E-state index contributed by atoms with van der Waals surface area (Å²) in [6.45, 7) is 9.81. The number of ether oxygens (including phenoxy) is 1. The van der Waals surface area contributed by atoms with Crippen molar-refractivity contribution in [2.24, 2.45) is 0 Å². The van der Waals surface area contributed by atoms with E-state index in [1.165, 1.54) is 12.8 Å². The first-order valence-electron chi connectivity index (χ1n) is 7.50. The maximum absolute atomic E-state index is 12.3. The van der Waals surface area contributed by atoms with Gasteiger partial charge in [-0.25, -0.2) is 0 Å². The average Bonchev–Trinajstić information content (AvgIpc) is 2.91. The van der Waals surface area contributed by atoms with Gasteiger partial charge in [-0.15, -0.1) is 0 Å². The van der Waals surface area contributed by atoms with Gasteiger partial charge in [0.15, 0.2) is 0 Å². The second-order valence-electron chi connectivity index (χ2n) is 5.81. The smallest absolute Gasteiger partial charge is 0.236 e. The predicted molar refractivity (Wildman–Crippen MR) is 75.1 cm³/mol. The summed E-state index contributed by atoms with van der Waals surface area (Å²) < 4.78 is 5.29. The van der Waals surface area contributed by atoms with Crippen LogP contribution in [0, 0.1) is 0 Å². The number of hydrogen-bond acceptors (Lipinski definition) is 4. The molecule has 0 aliphatic carbocycles. The van der Waals surface area contributed by atoms with Gasteiger partial charge in [0.2, 0.25) is 5.91 Å². The van der Waals surface area contributed by atoms with E-state index in [2.05, 4.69) is 24.1 Å². The van der Waals surface area contributed by atoms with Crippen molar-refractivity contribution in [3.05, 3.63) is 0 Å². The molecule has 0 saturated carbocycles. The fourth-order valence-electron chi connectivity index (χ4n) is 2.74. The van der Waals surface area contributed by atoms with Crippen molar-refractivity contribution in [2.75, 3.05) is 45.9 Å². The summed E-state index contributed by atoms with van der Waals surface area (Å²) in [5, 5.41) is 3.51. The lowest BCUT2D eigenvalue weighted by molar-refractivity contribution is -0.137. The topological polar surface area (TPSA) is 44.8 Å². The molecule has 5 nitrogen and oxygen atoms in total. The molecule has 2 heterocycles. The van der Waals surface area contributed by atoms with E-state index in [1.807, 2.05) is 4.90 Å². The first kappa shape index (κ1) is 14.8. The Morgan fingerprint density at radius 2 is 2.16 bits per heavy atom. The number of hydrogen-bond donors (Lipinski definition) is 1. The molecule has 2 fully saturated rings. The maximum atomic E-state index is 12.3. The molecule has 5 heteroatoms. The van der Waals surface area contributed by atoms with Gasteiger partial charge < -0.3 is 15.0 Å². The Morgan fingerprint density at radius 3 is 2.74 bits per heavy atom. The van der Waals surface area contributed by atoms with Gasteiger partial charge in [0.25, 0.3) is 0 Å². The third-order valence-corrected chi connectivity index (χ3v) is 4.05. The van der Waals surface area contributed by atoms with Crippen molar-refractivity contribution in [3.8, 4) is 0 Å². The summed E-state index contributed by atoms with van der Waals surface area (Å²) in [7, 11) is 0. The van der Waals surface area contributed by atoms with Crippen LogP contribution in [-0.2, 0) is 9.53 Å². The van der Waals surface area contributed by atoms with E-state index in [-0.39, 0.29) is 5.91 Å².